The number of amides is 3. The number of nitrogens with one attached hydrogen (secondary N) is 2. The molecular weight excluding hydrogens is 399 g/mol. The normalized spacial score (nSPS) is 30.9. The summed E-state index contributed by atoms with van der Waals surface area (Å²) in [6, 6.07) is 6.20. The molecule has 8 heteroatoms. The number of benzene rings is 1. The quantitative estimate of drug-likeness (QED) is 0.741. The van der Waals surface area contributed by atoms with Crippen molar-refractivity contribution in [2.45, 2.75) is 38.5 Å². The van der Waals surface area contributed by atoms with Gasteiger partial charge in [-0.1, -0.05) is 6.07 Å². The Morgan fingerprint density at radius 2 is 2.10 bits per heavy atom. The molecule has 0 radical (unpaired) electrons. The van der Waals surface area contributed by atoms with Crippen molar-refractivity contribution in [3.8, 4) is 11.1 Å². The van der Waals surface area contributed by atoms with Crippen molar-refractivity contribution in [2.75, 3.05) is 11.4 Å². The number of carbonyl (C=O) groups excluding carboxylic acids is 2. The first kappa shape index (κ1) is 18.5. The minimum atomic E-state index is -1.03. The molecule has 31 heavy (non-hydrogen) atoms. The fourth-order valence-electron chi connectivity index (χ4n) is 5.86. The van der Waals surface area contributed by atoms with Gasteiger partial charge in [-0.2, -0.15) is 0 Å². The molecule has 2 aromatic rings. The van der Waals surface area contributed by atoms with Gasteiger partial charge < -0.3 is 15.0 Å². The van der Waals surface area contributed by atoms with Gasteiger partial charge in [-0.25, -0.2) is 9.18 Å². The van der Waals surface area contributed by atoms with E-state index in [1.165, 1.54) is 6.07 Å². The largest absolute Gasteiger partial charge is 0.367 e. The van der Waals surface area contributed by atoms with Gasteiger partial charge in [0.05, 0.1) is 17.8 Å². The van der Waals surface area contributed by atoms with E-state index in [0.717, 1.165) is 16.7 Å². The van der Waals surface area contributed by atoms with Crippen molar-refractivity contribution < 1.29 is 18.7 Å². The first-order valence-corrected chi connectivity index (χ1v) is 10.4. The van der Waals surface area contributed by atoms with Gasteiger partial charge in [0.2, 0.25) is 5.91 Å². The van der Waals surface area contributed by atoms with E-state index in [4.69, 9.17) is 4.74 Å². The van der Waals surface area contributed by atoms with E-state index in [1.54, 1.807) is 18.5 Å². The highest BCUT2D eigenvalue weighted by atomic mass is 19.1. The summed E-state index contributed by atoms with van der Waals surface area (Å²) >= 11 is 0. The lowest BCUT2D eigenvalue weighted by atomic mass is 9.69. The van der Waals surface area contributed by atoms with Gasteiger partial charge in [-0.15, -0.1) is 0 Å². The number of halogens is 1. The van der Waals surface area contributed by atoms with Crippen molar-refractivity contribution in [2.24, 2.45) is 5.41 Å². The number of ether oxygens (including phenoxy) is 1. The van der Waals surface area contributed by atoms with Crippen LogP contribution in [0.15, 0.2) is 47.9 Å². The number of urea groups is 1. The zero-order valence-electron chi connectivity index (χ0n) is 17.1. The Labute approximate surface area is 178 Å². The molecule has 158 valence electrons. The minimum Gasteiger partial charge on any atom is -0.367 e. The molecule has 1 aliphatic carbocycles. The van der Waals surface area contributed by atoms with Gasteiger partial charge in [-0.3, -0.25) is 15.1 Å². The van der Waals surface area contributed by atoms with E-state index in [-0.39, 0.29) is 24.2 Å². The number of nitrogens with zero attached hydrogens (tertiary/aromatic N) is 2. The number of hydrogen-bond donors (Lipinski definition) is 2. The second-order valence-electron chi connectivity index (χ2n) is 8.79. The standard InChI is InChI=1S/C23H21FN4O3/c1-11-10-28-17-15(6-14(7-16(17)24)13-4-3-5-25-9-13)8-23-19(26-22(30)27-21(23)29)12(2)18(31-11)20(23)28/h3-7,9,11,18,20H,8,10H2,1-2H3,(H2,26,27,29,30)/t11-,18?,20-,23+/m1/s1. The highest BCUT2D eigenvalue weighted by Gasteiger charge is 2.66. The summed E-state index contributed by atoms with van der Waals surface area (Å²) in [6.45, 7) is 4.29. The molecule has 1 aromatic carbocycles. The maximum Gasteiger partial charge on any atom is 0.325 e. The highest BCUT2D eigenvalue weighted by Crippen LogP contribution is 2.56. The van der Waals surface area contributed by atoms with E-state index in [0.29, 0.717) is 23.5 Å². The van der Waals surface area contributed by atoms with Crippen LogP contribution in [0.3, 0.4) is 0 Å². The number of fused-ring (bicyclic) bond motifs is 2. The molecule has 4 aliphatic rings. The number of pyridine rings is 1. The van der Waals surface area contributed by atoms with Crippen molar-refractivity contribution in [3.05, 3.63) is 59.3 Å². The van der Waals surface area contributed by atoms with Gasteiger partial charge >= 0.3 is 6.03 Å². The van der Waals surface area contributed by atoms with Gasteiger partial charge in [0.25, 0.3) is 0 Å². The van der Waals surface area contributed by atoms with Crippen LogP contribution in [0.25, 0.3) is 11.1 Å². The Bertz CT molecular complexity index is 1180. The summed E-state index contributed by atoms with van der Waals surface area (Å²) in [7, 11) is 0. The van der Waals surface area contributed by atoms with Crippen LogP contribution < -0.4 is 15.5 Å². The van der Waals surface area contributed by atoms with Crippen LogP contribution in [0.5, 0.6) is 0 Å². The Morgan fingerprint density at radius 3 is 2.87 bits per heavy atom. The number of imide groups is 1. The summed E-state index contributed by atoms with van der Waals surface area (Å²) in [5.74, 6) is -0.690. The van der Waals surface area contributed by atoms with Crippen molar-refractivity contribution in [3.63, 3.8) is 0 Å². The number of anilines is 1. The molecule has 2 saturated heterocycles. The molecule has 3 amide bonds. The smallest absolute Gasteiger partial charge is 0.325 e. The van der Waals surface area contributed by atoms with Crippen molar-refractivity contribution >= 4 is 17.6 Å². The SMILES string of the molecule is CC1=C2NC(=O)NC(=O)[C@@]23Cc2cc(-c4cccnc4)cc(F)c2N2C[C@@H](C)OC1[C@@H]23. The van der Waals surface area contributed by atoms with Crippen LogP contribution in [0.4, 0.5) is 14.9 Å². The highest BCUT2D eigenvalue weighted by molar-refractivity contribution is 6.05. The van der Waals surface area contributed by atoms with E-state index >= 15 is 4.39 Å². The average molecular weight is 420 g/mol. The predicted molar refractivity (Wildman–Crippen MR) is 111 cm³/mol. The lowest BCUT2D eigenvalue weighted by Gasteiger charge is -2.53. The third-order valence-electron chi connectivity index (χ3n) is 6.99. The number of rotatable bonds is 1. The Balaban J connectivity index is 1.59. The van der Waals surface area contributed by atoms with E-state index in [1.807, 2.05) is 30.9 Å². The Kier molecular flexibility index (Phi) is 3.66. The van der Waals surface area contributed by atoms with E-state index in [2.05, 4.69) is 15.6 Å². The molecule has 0 saturated carbocycles. The molecule has 4 atom stereocenters. The zero-order valence-corrected chi connectivity index (χ0v) is 17.1. The maximum atomic E-state index is 15.6. The predicted octanol–water partition coefficient (Wildman–Crippen LogP) is 2.52. The molecule has 1 unspecified atom stereocenters. The summed E-state index contributed by atoms with van der Waals surface area (Å²) in [4.78, 5) is 31.6. The topological polar surface area (TPSA) is 83.6 Å². The monoisotopic (exact) mass is 420 g/mol. The van der Waals surface area contributed by atoms with Crippen LogP contribution >= 0.6 is 0 Å². The van der Waals surface area contributed by atoms with E-state index < -0.39 is 23.6 Å². The molecule has 2 fully saturated rings. The van der Waals surface area contributed by atoms with Crippen molar-refractivity contribution in [1.29, 1.82) is 0 Å². The lowest BCUT2D eigenvalue weighted by Crippen LogP contribution is -2.69. The molecule has 3 aliphatic heterocycles. The Morgan fingerprint density at radius 1 is 1.26 bits per heavy atom. The van der Waals surface area contributed by atoms with Gasteiger partial charge in [0.15, 0.2) is 0 Å². The summed E-state index contributed by atoms with van der Waals surface area (Å²) < 4.78 is 21.8. The number of morpholine rings is 1. The third-order valence-corrected chi connectivity index (χ3v) is 6.99. The molecule has 1 aromatic heterocycles. The minimum absolute atomic E-state index is 0.156. The second-order valence-corrected chi connectivity index (χ2v) is 8.79. The number of hydrogen-bond acceptors (Lipinski definition) is 5. The van der Waals surface area contributed by atoms with Crippen LogP contribution in [0, 0.1) is 11.2 Å². The molecule has 1 spiro atoms. The van der Waals surface area contributed by atoms with Crippen LogP contribution in [-0.2, 0) is 16.0 Å². The molecule has 0 bridgehead atoms. The maximum absolute atomic E-state index is 15.6. The van der Waals surface area contributed by atoms with Gasteiger partial charge in [0, 0.05) is 30.2 Å². The third kappa shape index (κ3) is 2.33. The average Bonchev–Trinajstić information content (AvgIpc) is 2.98. The second kappa shape index (κ2) is 6.13. The van der Waals surface area contributed by atoms with Crippen molar-refractivity contribution in [1.82, 2.24) is 15.6 Å². The van der Waals surface area contributed by atoms with Crippen LogP contribution in [0.1, 0.15) is 19.4 Å². The lowest BCUT2D eigenvalue weighted by molar-refractivity contribution is -0.133. The van der Waals surface area contributed by atoms with Gasteiger partial charge in [-0.05, 0) is 55.2 Å². The fraction of sp³-hybridized carbons (Fsp3) is 0.348. The molecular formula is C23H21FN4O3. The van der Waals surface area contributed by atoms with E-state index in [9.17, 15) is 9.59 Å². The molecule has 7 nitrogen and oxygen atoms in total. The first-order chi connectivity index (χ1) is 14.9. The first-order valence-electron chi connectivity index (χ1n) is 10.4. The van der Waals surface area contributed by atoms with Crippen LogP contribution in [0.2, 0.25) is 0 Å². The van der Waals surface area contributed by atoms with Crippen LogP contribution in [-0.4, -0.2) is 41.7 Å². The number of aromatic nitrogens is 1. The molecule has 6 rings (SSSR count). The Hall–Kier alpha value is -3.26. The summed E-state index contributed by atoms with van der Waals surface area (Å²) in [5.41, 5.74) is 3.15. The number of carbonyl (C=O) groups is 2. The molecule has 2 N–H and O–H groups in total. The summed E-state index contributed by atoms with van der Waals surface area (Å²) in [6.07, 6.45) is 3.09. The molecule has 4 heterocycles. The summed E-state index contributed by atoms with van der Waals surface area (Å²) in [5, 5.41) is 5.31. The van der Waals surface area contributed by atoms with Gasteiger partial charge in [0.1, 0.15) is 17.3 Å². The fourth-order valence-corrected chi connectivity index (χ4v) is 5.86. The zero-order chi connectivity index (χ0) is 21.5.